The molecule has 0 radical (unpaired) electrons. The first-order chi connectivity index (χ1) is 19.1. The van der Waals surface area contributed by atoms with Gasteiger partial charge in [-0.1, -0.05) is 30.3 Å². The molecule has 0 unspecified atom stereocenters. The van der Waals surface area contributed by atoms with Crippen LogP contribution in [-0.4, -0.2) is 72.7 Å². The van der Waals surface area contributed by atoms with Gasteiger partial charge >= 0.3 is 5.97 Å². The van der Waals surface area contributed by atoms with Gasteiger partial charge in [-0.25, -0.2) is 4.79 Å². The van der Waals surface area contributed by atoms with E-state index in [1.54, 1.807) is 30.3 Å². The average Bonchev–Trinajstić information content (AvgIpc) is 2.93. The minimum Gasteiger partial charge on any atom is -0.507 e. The number of aliphatic hydroxyl groups excluding tert-OH is 3. The fourth-order valence-corrected chi connectivity index (χ4v) is 4.66. The van der Waals surface area contributed by atoms with Gasteiger partial charge in [0, 0.05) is 18.2 Å². The molecule has 12 heteroatoms. The van der Waals surface area contributed by atoms with Gasteiger partial charge in [-0.15, -0.1) is 0 Å². The number of esters is 1. The van der Waals surface area contributed by atoms with Crippen molar-refractivity contribution in [2.24, 2.45) is 0 Å². The lowest BCUT2D eigenvalue weighted by atomic mass is 9.89. The summed E-state index contributed by atoms with van der Waals surface area (Å²) in [7, 11) is 0. The van der Waals surface area contributed by atoms with Crippen LogP contribution in [0.15, 0.2) is 63.8 Å². The van der Waals surface area contributed by atoms with E-state index in [9.17, 15) is 45.3 Å². The van der Waals surface area contributed by atoms with Gasteiger partial charge in [-0.2, -0.15) is 0 Å². The van der Waals surface area contributed by atoms with Crippen LogP contribution in [0.5, 0.6) is 23.0 Å². The van der Waals surface area contributed by atoms with E-state index in [4.69, 9.17) is 13.9 Å². The largest absolute Gasteiger partial charge is 0.507 e. The molecule has 0 amide bonds. The van der Waals surface area contributed by atoms with Gasteiger partial charge in [0.2, 0.25) is 5.43 Å². The first-order valence-electron chi connectivity index (χ1n) is 12.0. The van der Waals surface area contributed by atoms with Crippen LogP contribution in [0.3, 0.4) is 0 Å². The van der Waals surface area contributed by atoms with Crippen molar-refractivity contribution < 1.29 is 54.4 Å². The fraction of sp³-hybridized carbons (Fsp3) is 0.214. The lowest BCUT2D eigenvalue weighted by molar-refractivity contribution is -0.240. The molecule has 0 saturated carbocycles. The van der Waals surface area contributed by atoms with Crippen LogP contribution in [0.1, 0.15) is 17.2 Å². The Balaban J connectivity index is 1.61. The molecule has 5 atom stereocenters. The number of aromatic hydroxyl groups is 4. The zero-order valence-corrected chi connectivity index (χ0v) is 20.5. The molecule has 1 saturated heterocycles. The van der Waals surface area contributed by atoms with Crippen LogP contribution in [0.25, 0.3) is 28.0 Å². The molecule has 5 rings (SSSR count). The topological polar surface area (TPSA) is 207 Å². The number of ether oxygens (including phenoxy) is 2. The fourth-order valence-electron chi connectivity index (χ4n) is 4.66. The summed E-state index contributed by atoms with van der Waals surface area (Å²) in [5, 5.41) is 71.9. The third-order valence-electron chi connectivity index (χ3n) is 6.67. The monoisotopic (exact) mass is 552 g/mol. The Morgan fingerprint density at radius 3 is 2.30 bits per heavy atom. The first-order valence-corrected chi connectivity index (χ1v) is 12.0. The SMILES string of the molecule is O=C(/C=C\c1ccccc1)O[C@@H]1[C@@H](O)[C@H](O)[C@@H](CO)O[C@H]1c1c(O)cc2oc3cc(O)c(O)cc3c(=O)c2c1O. The highest BCUT2D eigenvalue weighted by atomic mass is 16.6. The number of phenols is 4. The zero-order chi connectivity index (χ0) is 28.7. The molecular formula is C28H24O12. The van der Waals surface area contributed by atoms with Gasteiger partial charge < -0.3 is 49.6 Å². The first kappa shape index (κ1) is 27.0. The smallest absolute Gasteiger partial charge is 0.331 e. The highest BCUT2D eigenvalue weighted by Gasteiger charge is 2.49. The Morgan fingerprint density at radius 1 is 0.925 bits per heavy atom. The van der Waals surface area contributed by atoms with Gasteiger partial charge in [0.25, 0.3) is 0 Å². The van der Waals surface area contributed by atoms with Crippen molar-refractivity contribution in [3.8, 4) is 23.0 Å². The number of carbonyl (C=O) groups is 1. The maximum absolute atomic E-state index is 13.3. The highest BCUT2D eigenvalue weighted by molar-refractivity contribution is 5.96. The normalized spacial score (nSPS) is 23.1. The number of hydrogen-bond donors (Lipinski definition) is 7. The Labute approximate surface area is 224 Å². The van der Waals surface area contributed by atoms with Crippen LogP contribution in [-0.2, 0) is 14.3 Å². The van der Waals surface area contributed by atoms with Crippen molar-refractivity contribution in [3.63, 3.8) is 0 Å². The maximum Gasteiger partial charge on any atom is 0.331 e. The van der Waals surface area contributed by atoms with Gasteiger partial charge in [0.15, 0.2) is 17.6 Å². The van der Waals surface area contributed by atoms with E-state index in [2.05, 4.69) is 0 Å². The van der Waals surface area contributed by atoms with Gasteiger partial charge in [-0.05, 0) is 17.7 Å². The zero-order valence-electron chi connectivity index (χ0n) is 20.5. The van der Waals surface area contributed by atoms with E-state index in [1.165, 1.54) is 6.08 Å². The second kappa shape index (κ2) is 10.5. The number of benzene rings is 3. The molecule has 7 N–H and O–H groups in total. The number of carbonyl (C=O) groups excluding carboxylic acids is 1. The van der Waals surface area contributed by atoms with Gasteiger partial charge in [-0.3, -0.25) is 4.79 Å². The van der Waals surface area contributed by atoms with Gasteiger partial charge in [0.05, 0.1) is 17.6 Å². The van der Waals surface area contributed by atoms with Crippen LogP contribution in [0.2, 0.25) is 0 Å². The third-order valence-corrected chi connectivity index (χ3v) is 6.67. The minimum atomic E-state index is -1.84. The quantitative estimate of drug-likeness (QED) is 0.0814. The summed E-state index contributed by atoms with van der Waals surface area (Å²) in [6.45, 7) is -0.784. The number of fused-ring (bicyclic) bond motifs is 2. The molecule has 0 spiro atoms. The van der Waals surface area contributed by atoms with Crippen LogP contribution < -0.4 is 5.43 Å². The summed E-state index contributed by atoms with van der Waals surface area (Å²) < 4.78 is 16.6. The predicted molar refractivity (Wildman–Crippen MR) is 139 cm³/mol. The maximum atomic E-state index is 13.3. The summed E-state index contributed by atoms with van der Waals surface area (Å²) in [5.41, 5.74) is -1.11. The van der Waals surface area contributed by atoms with Crippen molar-refractivity contribution in [2.45, 2.75) is 30.5 Å². The number of rotatable bonds is 5. The van der Waals surface area contributed by atoms with Crippen molar-refractivity contribution in [1.29, 1.82) is 0 Å². The van der Waals surface area contributed by atoms with Crippen LogP contribution >= 0.6 is 0 Å². The second-order valence-electron chi connectivity index (χ2n) is 9.20. The Morgan fingerprint density at radius 2 is 1.60 bits per heavy atom. The molecular weight excluding hydrogens is 528 g/mol. The van der Waals surface area contributed by atoms with Gasteiger partial charge in [0.1, 0.15) is 52.5 Å². The molecule has 208 valence electrons. The Kier molecular flexibility index (Phi) is 7.08. The van der Waals surface area contributed by atoms with E-state index in [-0.39, 0.29) is 16.6 Å². The van der Waals surface area contributed by atoms with E-state index < -0.39 is 82.5 Å². The lowest BCUT2D eigenvalue weighted by Crippen LogP contribution is -2.56. The number of hydrogen-bond acceptors (Lipinski definition) is 12. The van der Waals surface area contributed by atoms with Crippen molar-refractivity contribution in [3.05, 3.63) is 76.0 Å². The molecule has 1 fully saturated rings. The number of aliphatic hydroxyl groups is 3. The minimum absolute atomic E-state index is 0.149. The number of phenolic OH excluding ortho intramolecular Hbond substituents is 4. The average molecular weight is 552 g/mol. The third kappa shape index (κ3) is 4.69. The molecule has 1 aliphatic rings. The van der Waals surface area contributed by atoms with Crippen molar-refractivity contribution in [1.82, 2.24) is 0 Å². The van der Waals surface area contributed by atoms with Crippen molar-refractivity contribution in [2.75, 3.05) is 6.61 Å². The Hall–Kier alpha value is -4.62. The summed E-state index contributed by atoms with van der Waals surface area (Å²) in [6, 6.07) is 11.6. The van der Waals surface area contributed by atoms with E-state index in [0.29, 0.717) is 5.56 Å². The van der Waals surface area contributed by atoms with Crippen LogP contribution in [0, 0.1) is 0 Å². The summed E-state index contributed by atoms with van der Waals surface area (Å²) in [4.78, 5) is 25.9. The second-order valence-corrected chi connectivity index (χ2v) is 9.20. The molecule has 1 aromatic heterocycles. The molecule has 0 bridgehead atoms. The lowest BCUT2D eigenvalue weighted by Gasteiger charge is -2.42. The van der Waals surface area contributed by atoms with E-state index in [0.717, 1.165) is 24.3 Å². The molecule has 40 heavy (non-hydrogen) atoms. The molecule has 3 aromatic carbocycles. The molecule has 1 aliphatic heterocycles. The Bertz CT molecular complexity index is 1680. The van der Waals surface area contributed by atoms with E-state index in [1.807, 2.05) is 0 Å². The molecule has 0 aliphatic carbocycles. The molecule has 2 heterocycles. The molecule has 4 aromatic rings. The van der Waals surface area contributed by atoms with Crippen molar-refractivity contribution >= 4 is 34.0 Å². The van der Waals surface area contributed by atoms with Crippen LogP contribution in [0.4, 0.5) is 0 Å². The molecule has 12 nitrogen and oxygen atoms in total. The standard InChI is InChI=1S/C28H24O12/c29-11-19-24(35)26(37)28(40-20(33)7-6-12-4-2-1-3-5-12)27(39-19)21-16(32)10-18-22(25(21)36)23(34)13-8-14(30)15(31)9-17(13)38-18/h1-10,19,24,26-32,35-37H,11H2/b7-6-/t19-,24-,26+,27+,28-/m1/s1. The summed E-state index contributed by atoms with van der Waals surface area (Å²) in [6.07, 6.45) is -5.86. The summed E-state index contributed by atoms with van der Waals surface area (Å²) >= 11 is 0. The summed E-state index contributed by atoms with van der Waals surface area (Å²) in [5.74, 6) is -3.70. The predicted octanol–water partition coefficient (Wildman–Crippen LogP) is 1.55. The van der Waals surface area contributed by atoms with E-state index >= 15 is 0 Å². The highest BCUT2D eigenvalue weighted by Crippen LogP contribution is 2.46.